The van der Waals surface area contributed by atoms with Gasteiger partial charge < -0.3 is 0 Å². The van der Waals surface area contributed by atoms with E-state index in [1.165, 1.54) is 0 Å². The zero-order valence-electron chi connectivity index (χ0n) is 17.3. The van der Waals surface area contributed by atoms with Crippen molar-refractivity contribution in [1.82, 2.24) is 0 Å². The first-order valence-corrected chi connectivity index (χ1v) is 12.1. The molecule has 0 aliphatic carbocycles. The molecule has 0 aliphatic rings. The van der Waals surface area contributed by atoms with Crippen molar-refractivity contribution in [3.8, 4) is 0 Å². The van der Waals surface area contributed by atoms with Crippen LogP contribution in [0.4, 0.5) is 0 Å². The average Bonchev–Trinajstić information content (AvgIpc) is 2.72. The van der Waals surface area contributed by atoms with Crippen molar-refractivity contribution in [1.29, 1.82) is 0 Å². The lowest BCUT2D eigenvalue weighted by molar-refractivity contribution is 0.0980. The van der Waals surface area contributed by atoms with Crippen molar-refractivity contribution in [3.63, 3.8) is 0 Å². The van der Waals surface area contributed by atoms with Crippen LogP contribution in [-0.4, -0.2) is 14.2 Å². The molecule has 0 bridgehead atoms. The lowest BCUT2D eigenvalue weighted by Gasteiger charge is -2.22. The number of ketones is 1. The summed E-state index contributed by atoms with van der Waals surface area (Å²) in [5.41, 5.74) is 2.19. The van der Waals surface area contributed by atoms with Gasteiger partial charge in [0.1, 0.15) is 0 Å². The highest BCUT2D eigenvalue weighted by atomic mass is 79.9. The molecular formula is C25H25BrO3S. The number of carbonyl (C=O) groups excluding carboxylic acids is 1. The van der Waals surface area contributed by atoms with Crippen LogP contribution in [0.3, 0.4) is 0 Å². The van der Waals surface area contributed by atoms with Crippen LogP contribution < -0.4 is 0 Å². The molecule has 0 heterocycles. The molecular weight excluding hydrogens is 460 g/mol. The van der Waals surface area contributed by atoms with E-state index in [-0.39, 0.29) is 22.5 Å². The monoisotopic (exact) mass is 484 g/mol. The van der Waals surface area contributed by atoms with E-state index < -0.39 is 15.1 Å². The Morgan fingerprint density at radius 2 is 1.43 bits per heavy atom. The maximum atomic E-state index is 13.5. The van der Waals surface area contributed by atoms with E-state index in [0.29, 0.717) is 11.1 Å². The van der Waals surface area contributed by atoms with Gasteiger partial charge in [0, 0.05) is 16.5 Å². The topological polar surface area (TPSA) is 51.2 Å². The Morgan fingerprint density at radius 1 is 0.867 bits per heavy atom. The summed E-state index contributed by atoms with van der Waals surface area (Å²) in [6, 6.07) is 22.9. The Hall–Kier alpha value is -2.24. The Kier molecular flexibility index (Phi) is 6.63. The van der Waals surface area contributed by atoms with Crippen LogP contribution in [-0.2, 0) is 15.3 Å². The molecule has 0 aliphatic heterocycles. The number of sulfone groups is 1. The summed E-state index contributed by atoms with van der Waals surface area (Å²) in [4.78, 5) is 13.2. The molecule has 0 aromatic heterocycles. The summed E-state index contributed by atoms with van der Waals surface area (Å²) in [7, 11) is -3.74. The van der Waals surface area contributed by atoms with Gasteiger partial charge in [-0.2, -0.15) is 0 Å². The second kappa shape index (κ2) is 8.86. The van der Waals surface area contributed by atoms with E-state index in [1.54, 1.807) is 54.6 Å². The van der Waals surface area contributed by atoms with E-state index in [1.807, 2.05) is 24.3 Å². The minimum Gasteiger partial charge on any atom is -0.294 e. The number of rotatable bonds is 6. The van der Waals surface area contributed by atoms with Gasteiger partial charge in [-0.15, -0.1) is 0 Å². The van der Waals surface area contributed by atoms with Crippen LogP contribution in [0.25, 0.3) is 0 Å². The number of hydrogen-bond acceptors (Lipinski definition) is 3. The van der Waals surface area contributed by atoms with Crippen molar-refractivity contribution in [2.45, 2.75) is 42.8 Å². The molecule has 0 unspecified atom stereocenters. The smallest absolute Gasteiger partial charge is 0.185 e. The number of halogens is 1. The van der Waals surface area contributed by atoms with E-state index in [4.69, 9.17) is 0 Å². The largest absolute Gasteiger partial charge is 0.294 e. The summed E-state index contributed by atoms with van der Waals surface area (Å²) in [5.74, 6) is -0.202. The van der Waals surface area contributed by atoms with Crippen molar-refractivity contribution < 1.29 is 13.2 Å². The van der Waals surface area contributed by atoms with Crippen LogP contribution in [0.15, 0.2) is 88.2 Å². The van der Waals surface area contributed by atoms with Gasteiger partial charge in [-0.3, -0.25) is 4.79 Å². The third-order valence-corrected chi connectivity index (χ3v) is 7.78. The van der Waals surface area contributed by atoms with Crippen LogP contribution in [0.5, 0.6) is 0 Å². The highest BCUT2D eigenvalue weighted by Crippen LogP contribution is 2.34. The molecule has 3 aromatic rings. The number of benzene rings is 3. The third kappa shape index (κ3) is 5.08. The molecule has 1 atom stereocenters. The predicted octanol–water partition coefficient (Wildman–Crippen LogP) is 6.53. The molecule has 0 radical (unpaired) electrons. The highest BCUT2D eigenvalue weighted by molar-refractivity contribution is 9.10. The molecule has 3 nitrogen and oxygen atoms in total. The van der Waals surface area contributed by atoms with Gasteiger partial charge in [0.15, 0.2) is 15.6 Å². The lowest BCUT2D eigenvalue weighted by Crippen LogP contribution is -2.18. The van der Waals surface area contributed by atoms with Crippen molar-refractivity contribution in [3.05, 3.63) is 100 Å². The van der Waals surface area contributed by atoms with E-state index in [9.17, 15) is 13.2 Å². The van der Waals surface area contributed by atoms with Crippen molar-refractivity contribution in [2.75, 3.05) is 0 Å². The quantitative estimate of drug-likeness (QED) is 0.373. The van der Waals surface area contributed by atoms with Gasteiger partial charge in [-0.05, 0) is 40.8 Å². The standard InChI is InChI=1S/C25H25BrO3S/c1-25(2,3)20-13-9-19(10-14-20)24(30(28,29)22-7-5-4-6-8-22)17-23(27)18-11-15-21(26)16-12-18/h4-16,24H,17H2,1-3H3/t24-/m0/s1. The average molecular weight is 485 g/mol. The highest BCUT2D eigenvalue weighted by Gasteiger charge is 2.31. The lowest BCUT2D eigenvalue weighted by atomic mass is 9.86. The van der Waals surface area contributed by atoms with Crippen LogP contribution in [0, 0.1) is 0 Å². The Morgan fingerprint density at radius 3 is 1.97 bits per heavy atom. The first kappa shape index (κ1) is 22.4. The summed E-state index contributed by atoms with van der Waals surface area (Å²) >= 11 is 3.36. The Bertz CT molecular complexity index is 1110. The molecule has 0 N–H and O–H groups in total. The van der Waals surface area contributed by atoms with Crippen LogP contribution >= 0.6 is 15.9 Å². The predicted molar refractivity (Wildman–Crippen MR) is 125 cm³/mol. The van der Waals surface area contributed by atoms with Gasteiger partial charge in [0.2, 0.25) is 0 Å². The summed E-state index contributed by atoms with van der Waals surface area (Å²) in [6.07, 6.45) is -0.117. The molecule has 30 heavy (non-hydrogen) atoms. The van der Waals surface area contributed by atoms with Crippen molar-refractivity contribution >= 4 is 31.6 Å². The second-order valence-electron chi connectivity index (χ2n) is 8.35. The Labute approximate surface area is 187 Å². The maximum Gasteiger partial charge on any atom is 0.185 e. The fraction of sp³-hybridized carbons (Fsp3) is 0.240. The number of hydrogen-bond donors (Lipinski definition) is 0. The molecule has 156 valence electrons. The number of carbonyl (C=O) groups is 1. The van der Waals surface area contributed by atoms with Gasteiger partial charge in [0.05, 0.1) is 10.1 Å². The van der Waals surface area contributed by atoms with E-state index in [2.05, 4.69) is 36.7 Å². The first-order valence-electron chi connectivity index (χ1n) is 9.77. The molecule has 0 spiro atoms. The summed E-state index contributed by atoms with van der Waals surface area (Å²) in [6.45, 7) is 6.33. The minimum atomic E-state index is -3.74. The number of Topliss-reactive ketones (excluding diaryl/α,β-unsaturated/α-hetero) is 1. The van der Waals surface area contributed by atoms with Crippen LogP contribution in [0.2, 0.25) is 0 Å². The third-order valence-electron chi connectivity index (χ3n) is 5.13. The molecule has 0 amide bonds. The van der Waals surface area contributed by atoms with Gasteiger partial charge >= 0.3 is 0 Å². The first-order chi connectivity index (χ1) is 14.1. The molecule has 3 rings (SSSR count). The minimum absolute atomic E-state index is 0.0421. The van der Waals surface area contributed by atoms with E-state index >= 15 is 0 Å². The summed E-state index contributed by atoms with van der Waals surface area (Å²) in [5, 5.41) is -0.954. The molecule has 0 saturated heterocycles. The molecule has 0 fully saturated rings. The molecule has 3 aromatic carbocycles. The SMILES string of the molecule is CC(C)(C)c1ccc([C@H](CC(=O)c2ccc(Br)cc2)S(=O)(=O)c2ccccc2)cc1. The normalized spacial score (nSPS) is 13.1. The molecule has 0 saturated carbocycles. The van der Waals surface area contributed by atoms with Gasteiger partial charge in [-0.1, -0.05) is 91.3 Å². The fourth-order valence-corrected chi connectivity index (χ4v) is 5.32. The van der Waals surface area contributed by atoms with Crippen LogP contribution in [0.1, 0.15) is 53.9 Å². The van der Waals surface area contributed by atoms with Gasteiger partial charge in [0.25, 0.3) is 0 Å². The maximum absolute atomic E-state index is 13.5. The van der Waals surface area contributed by atoms with Crippen molar-refractivity contribution in [2.24, 2.45) is 0 Å². The fourth-order valence-electron chi connectivity index (χ4n) is 3.30. The van der Waals surface area contributed by atoms with E-state index in [0.717, 1.165) is 10.0 Å². The second-order valence-corrected chi connectivity index (χ2v) is 11.4. The van der Waals surface area contributed by atoms with Gasteiger partial charge in [-0.25, -0.2) is 8.42 Å². The zero-order chi connectivity index (χ0) is 21.9. The zero-order valence-corrected chi connectivity index (χ0v) is 19.7. The Balaban J connectivity index is 2.02. The molecule has 5 heteroatoms. The summed E-state index contributed by atoms with van der Waals surface area (Å²) < 4.78 is 27.8.